The van der Waals surface area contributed by atoms with Gasteiger partial charge in [-0.1, -0.05) is 6.92 Å². The molecule has 0 unspecified atom stereocenters. The average molecular weight is 152 g/mol. The summed E-state index contributed by atoms with van der Waals surface area (Å²) in [6.45, 7) is 3.76. The van der Waals surface area contributed by atoms with Crippen LogP contribution < -0.4 is 0 Å². The predicted octanol–water partition coefficient (Wildman–Crippen LogP) is 1.16. The fraction of sp³-hybridized carbons (Fsp3) is 0.500. The normalized spacial score (nSPS) is 18.6. The highest BCUT2D eigenvalue weighted by Gasteiger charge is 2.28. The molecular formula is C8H12N2O. The van der Waals surface area contributed by atoms with Crippen molar-refractivity contribution in [1.82, 2.24) is 4.90 Å². The summed E-state index contributed by atoms with van der Waals surface area (Å²) in [5, 5.41) is 7.47. The molecule has 1 rings (SSSR count). The van der Waals surface area contributed by atoms with Crippen LogP contribution in [-0.2, 0) is 4.79 Å². The van der Waals surface area contributed by atoms with E-state index < -0.39 is 0 Å². The Hall–Kier alpha value is -1.12. The molecule has 0 spiro atoms. The number of amidine groups is 1. The second-order valence-electron chi connectivity index (χ2n) is 2.67. The molecule has 11 heavy (non-hydrogen) atoms. The monoisotopic (exact) mass is 152 g/mol. The van der Waals surface area contributed by atoms with Gasteiger partial charge in [0.1, 0.15) is 5.84 Å². The molecule has 60 valence electrons. The van der Waals surface area contributed by atoms with Crippen LogP contribution in [0.2, 0.25) is 0 Å². The third kappa shape index (κ3) is 0.964. The van der Waals surface area contributed by atoms with Crippen molar-refractivity contribution in [3.8, 4) is 0 Å². The third-order valence-corrected chi connectivity index (χ3v) is 2.06. The van der Waals surface area contributed by atoms with E-state index in [2.05, 4.69) is 0 Å². The number of carbonyl (C=O) groups is 1. The molecule has 0 aromatic heterocycles. The van der Waals surface area contributed by atoms with E-state index in [0.717, 1.165) is 17.6 Å². The van der Waals surface area contributed by atoms with Crippen LogP contribution in [0.4, 0.5) is 0 Å². The van der Waals surface area contributed by atoms with Crippen molar-refractivity contribution in [3.63, 3.8) is 0 Å². The molecule has 3 nitrogen and oxygen atoms in total. The molecule has 1 heterocycles. The van der Waals surface area contributed by atoms with Crippen molar-refractivity contribution in [2.45, 2.75) is 20.3 Å². The summed E-state index contributed by atoms with van der Waals surface area (Å²) in [7, 11) is 1.64. The number of likely N-dealkylation sites (N-methyl/N-ethyl adjacent to an activating group) is 1. The summed E-state index contributed by atoms with van der Waals surface area (Å²) in [6, 6.07) is 0. The first-order valence-corrected chi connectivity index (χ1v) is 3.66. The van der Waals surface area contributed by atoms with E-state index >= 15 is 0 Å². The van der Waals surface area contributed by atoms with Gasteiger partial charge in [0, 0.05) is 18.2 Å². The summed E-state index contributed by atoms with van der Waals surface area (Å²) >= 11 is 0. The molecule has 0 saturated carbocycles. The second-order valence-corrected chi connectivity index (χ2v) is 2.67. The first-order chi connectivity index (χ1) is 5.09. The molecule has 1 amide bonds. The largest absolute Gasteiger partial charge is 0.296 e. The number of hydrogen-bond donors (Lipinski definition) is 1. The molecular weight excluding hydrogens is 140 g/mol. The Balaban J connectivity index is 3.08. The fourth-order valence-corrected chi connectivity index (χ4v) is 1.28. The van der Waals surface area contributed by atoms with Gasteiger partial charge < -0.3 is 0 Å². The number of hydrogen-bond acceptors (Lipinski definition) is 2. The second kappa shape index (κ2) is 2.49. The highest BCUT2D eigenvalue weighted by molar-refractivity contribution is 6.19. The van der Waals surface area contributed by atoms with Crippen molar-refractivity contribution < 1.29 is 4.79 Å². The molecule has 0 aliphatic carbocycles. The van der Waals surface area contributed by atoms with Gasteiger partial charge in [-0.05, 0) is 13.3 Å². The number of nitrogens with one attached hydrogen (secondary N) is 1. The number of carbonyl (C=O) groups excluding carboxylic acids is 1. The first-order valence-electron chi connectivity index (χ1n) is 3.66. The molecule has 0 saturated heterocycles. The number of nitrogens with zero attached hydrogens (tertiary/aromatic N) is 1. The summed E-state index contributed by atoms with van der Waals surface area (Å²) in [4.78, 5) is 12.7. The minimum absolute atomic E-state index is 0.0185. The predicted molar refractivity (Wildman–Crippen MR) is 43.5 cm³/mol. The van der Waals surface area contributed by atoms with Crippen molar-refractivity contribution >= 4 is 11.7 Å². The average Bonchev–Trinajstić information content (AvgIpc) is 2.17. The molecule has 0 aromatic carbocycles. The van der Waals surface area contributed by atoms with Crippen LogP contribution in [0.3, 0.4) is 0 Å². The number of amides is 1. The summed E-state index contributed by atoms with van der Waals surface area (Å²) < 4.78 is 0. The third-order valence-electron chi connectivity index (χ3n) is 2.06. The summed E-state index contributed by atoms with van der Waals surface area (Å²) in [6.07, 6.45) is 0.720. The zero-order valence-corrected chi connectivity index (χ0v) is 7.06. The van der Waals surface area contributed by atoms with Gasteiger partial charge in [0.25, 0.3) is 5.91 Å². The van der Waals surface area contributed by atoms with Gasteiger partial charge in [-0.2, -0.15) is 0 Å². The Morgan fingerprint density at radius 3 is 2.27 bits per heavy atom. The van der Waals surface area contributed by atoms with Gasteiger partial charge in [0.2, 0.25) is 0 Å². The van der Waals surface area contributed by atoms with Crippen molar-refractivity contribution in [1.29, 1.82) is 5.41 Å². The Labute approximate surface area is 66.2 Å². The molecule has 3 heteroatoms. The van der Waals surface area contributed by atoms with Gasteiger partial charge in [0.05, 0.1) is 0 Å². The van der Waals surface area contributed by atoms with E-state index in [9.17, 15) is 4.79 Å². The number of rotatable bonds is 1. The first kappa shape index (κ1) is 7.98. The summed E-state index contributed by atoms with van der Waals surface area (Å²) in [5.74, 6) is 0.321. The van der Waals surface area contributed by atoms with Crippen LogP contribution in [0.25, 0.3) is 0 Å². The van der Waals surface area contributed by atoms with E-state index in [1.165, 1.54) is 4.90 Å². The van der Waals surface area contributed by atoms with Gasteiger partial charge in [-0.3, -0.25) is 15.1 Å². The molecule has 1 aliphatic rings. The quantitative estimate of drug-likeness (QED) is 0.602. The van der Waals surface area contributed by atoms with Crippen LogP contribution in [0.15, 0.2) is 11.1 Å². The molecule has 0 fully saturated rings. The smallest absolute Gasteiger partial charge is 0.255 e. The highest BCUT2D eigenvalue weighted by Crippen LogP contribution is 2.20. The van der Waals surface area contributed by atoms with Crippen LogP contribution in [0.5, 0.6) is 0 Å². The van der Waals surface area contributed by atoms with Crippen molar-refractivity contribution in [3.05, 3.63) is 11.1 Å². The Kier molecular flexibility index (Phi) is 1.81. The molecule has 0 bridgehead atoms. The maximum Gasteiger partial charge on any atom is 0.255 e. The van der Waals surface area contributed by atoms with E-state index in [1.807, 2.05) is 13.8 Å². The van der Waals surface area contributed by atoms with Crippen LogP contribution in [0.1, 0.15) is 20.3 Å². The molecule has 0 aromatic rings. The van der Waals surface area contributed by atoms with Gasteiger partial charge >= 0.3 is 0 Å². The van der Waals surface area contributed by atoms with Gasteiger partial charge in [-0.25, -0.2) is 0 Å². The van der Waals surface area contributed by atoms with E-state index in [-0.39, 0.29) is 5.91 Å². The Morgan fingerprint density at radius 1 is 1.55 bits per heavy atom. The van der Waals surface area contributed by atoms with E-state index in [1.54, 1.807) is 7.05 Å². The van der Waals surface area contributed by atoms with Gasteiger partial charge in [0.15, 0.2) is 0 Å². The van der Waals surface area contributed by atoms with Crippen LogP contribution in [-0.4, -0.2) is 23.7 Å². The van der Waals surface area contributed by atoms with E-state index in [0.29, 0.717) is 5.84 Å². The maximum atomic E-state index is 11.3. The van der Waals surface area contributed by atoms with Crippen molar-refractivity contribution in [2.75, 3.05) is 7.05 Å². The van der Waals surface area contributed by atoms with Crippen LogP contribution >= 0.6 is 0 Å². The summed E-state index contributed by atoms with van der Waals surface area (Å²) in [5.41, 5.74) is 1.59. The lowest BCUT2D eigenvalue weighted by atomic mass is 10.1. The SMILES string of the molecule is CCC1=C(C)C(=N)N(C)C1=O. The lowest BCUT2D eigenvalue weighted by Crippen LogP contribution is -2.26. The van der Waals surface area contributed by atoms with Gasteiger partial charge in [-0.15, -0.1) is 0 Å². The topological polar surface area (TPSA) is 44.2 Å². The van der Waals surface area contributed by atoms with E-state index in [4.69, 9.17) is 5.41 Å². The lowest BCUT2D eigenvalue weighted by Gasteiger charge is -2.07. The molecule has 0 atom stereocenters. The maximum absolute atomic E-state index is 11.3. The standard InChI is InChI=1S/C8H12N2O/c1-4-6-5(2)7(9)10(3)8(6)11/h9H,4H2,1-3H3. The Morgan fingerprint density at radius 2 is 2.09 bits per heavy atom. The molecule has 1 aliphatic heterocycles. The van der Waals surface area contributed by atoms with Crippen molar-refractivity contribution in [2.24, 2.45) is 0 Å². The fourth-order valence-electron chi connectivity index (χ4n) is 1.28. The minimum Gasteiger partial charge on any atom is -0.296 e. The lowest BCUT2D eigenvalue weighted by molar-refractivity contribution is -0.122. The zero-order valence-electron chi connectivity index (χ0n) is 7.06. The van der Waals surface area contributed by atoms with Crippen LogP contribution in [0, 0.1) is 5.41 Å². The highest BCUT2D eigenvalue weighted by atomic mass is 16.2. The molecule has 0 radical (unpaired) electrons. The Bertz CT molecular complexity index is 253. The molecule has 1 N–H and O–H groups in total. The zero-order chi connectivity index (χ0) is 8.59. The minimum atomic E-state index is -0.0185.